The van der Waals surface area contributed by atoms with Gasteiger partial charge in [-0.05, 0) is 49.2 Å². The zero-order valence-corrected chi connectivity index (χ0v) is 20.9. The fourth-order valence-electron chi connectivity index (χ4n) is 3.73. The summed E-state index contributed by atoms with van der Waals surface area (Å²) in [6, 6.07) is 23.5. The number of anilines is 1. The molecule has 5 nitrogen and oxygen atoms in total. The van der Waals surface area contributed by atoms with Crippen LogP contribution in [0.3, 0.4) is 0 Å². The van der Waals surface area contributed by atoms with Crippen LogP contribution in [0.5, 0.6) is 5.75 Å². The molecule has 4 rings (SSSR count). The number of phenols is 1. The molecule has 0 saturated heterocycles. The van der Waals surface area contributed by atoms with E-state index in [1.807, 2.05) is 32.0 Å². The first-order valence-corrected chi connectivity index (χ1v) is 11.1. The van der Waals surface area contributed by atoms with Gasteiger partial charge in [0.2, 0.25) is 0 Å². The van der Waals surface area contributed by atoms with Crippen molar-refractivity contribution in [3.8, 4) is 5.75 Å². The Bertz CT molecular complexity index is 1340. The Kier molecular flexibility index (Phi) is 13.5. The number of carbonyl (C=O) groups is 2. The third kappa shape index (κ3) is 8.02. The second-order valence-corrected chi connectivity index (χ2v) is 7.80. The smallest absolute Gasteiger partial charge is 0.255 e. The van der Waals surface area contributed by atoms with E-state index in [4.69, 9.17) is 18.3 Å². The molecule has 0 aliphatic rings. The highest BCUT2D eigenvalue weighted by Gasteiger charge is 2.16. The Balaban J connectivity index is 0.00000112. The lowest BCUT2D eigenvalue weighted by molar-refractivity contribution is 0.0947. The highest BCUT2D eigenvalue weighted by Crippen LogP contribution is 2.33. The molecule has 0 bridgehead atoms. The van der Waals surface area contributed by atoms with Crippen molar-refractivity contribution in [1.82, 2.24) is 5.32 Å². The van der Waals surface area contributed by atoms with E-state index in [1.54, 1.807) is 54.6 Å². The van der Waals surface area contributed by atoms with Crippen LogP contribution < -0.4 is 10.6 Å². The molecule has 3 N–H and O–H groups in total. The molecular formula is C28H27F5N2O3. The molecule has 38 heavy (non-hydrogen) atoms. The molecule has 0 aromatic heterocycles. The second-order valence-electron chi connectivity index (χ2n) is 7.80. The van der Waals surface area contributed by atoms with Crippen molar-refractivity contribution >= 4 is 28.3 Å². The molecule has 0 unspecified atom stereocenters. The number of halogens is 5. The van der Waals surface area contributed by atoms with Crippen molar-refractivity contribution in [3.63, 3.8) is 0 Å². The van der Waals surface area contributed by atoms with Gasteiger partial charge in [-0.1, -0.05) is 60.2 Å². The molecule has 202 valence electrons. The summed E-state index contributed by atoms with van der Waals surface area (Å²) in [6.45, 7) is 4.40. The maximum Gasteiger partial charge on any atom is 0.255 e. The molecule has 0 aliphatic heterocycles. The fourth-order valence-corrected chi connectivity index (χ4v) is 3.73. The number of hydrogen-bond acceptors (Lipinski definition) is 3. The second kappa shape index (κ2) is 16.3. The number of rotatable bonds is 5. The van der Waals surface area contributed by atoms with E-state index in [9.17, 15) is 19.1 Å². The van der Waals surface area contributed by atoms with Crippen molar-refractivity contribution in [3.05, 3.63) is 107 Å². The number of nitrogens with one attached hydrogen (secondary N) is 2. The minimum absolute atomic E-state index is 0.114. The number of fused-ring (bicyclic) bond motifs is 1. The number of amides is 2. The van der Waals surface area contributed by atoms with Gasteiger partial charge in [0.15, 0.2) is 0 Å². The normalized spacial score (nSPS) is 9.47. The average Bonchev–Trinajstić information content (AvgIpc) is 2.96. The van der Waals surface area contributed by atoms with E-state index in [1.165, 1.54) is 5.56 Å². The Hall–Kier alpha value is -4.47. The molecule has 10 heteroatoms. The zero-order chi connectivity index (χ0) is 28.7. The van der Waals surface area contributed by atoms with Crippen LogP contribution in [0.1, 0.15) is 37.4 Å². The van der Waals surface area contributed by atoms with Gasteiger partial charge in [0, 0.05) is 46.9 Å². The van der Waals surface area contributed by atoms with Crippen LogP contribution in [0, 0.1) is 13.8 Å². The van der Waals surface area contributed by atoms with Crippen LogP contribution in [0.2, 0.25) is 0 Å². The molecule has 4 aromatic carbocycles. The lowest BCUT2D eigenvalue weighted by Gasteiger charge is -2.13. The number of benzene rings is 4. The van der Waals surface area contributed by atoms with Gasteiger partial charge in [-0.15, -0.1) is 0 Å². The number of hydrogen-bond donors (Lipinski definition) is 3. The van der Waals surface area contributed by atoms with Gasteiger partial charge in [0.25, 0.3) is 11.8 Å². The van der Waals surface area contributed by atoms with Crippen LogP contribution in [-0.4, -0.2) is 24.1 Å². The van der Waals surface area contributed by atoms with E-state index < -0.39 is 0 Å². The van der Waals surface area contributed by atoms with Gasteiger partial charge >= 0.3 is 0 Å². The van der Waals surface area contributed by atoms with Crippen LogP contribution in [-0.2, 0) is 6.54 Å². The number of alkyl halides is 1. The number of phenolic OH excluding ortho intramolecular Hbond substituents is 1. The molecule has 0 aliphatic carbocycles. The van der Waals surface area contributed by atoms with E-state index in [0.29, 0.717) is 35.7 Å². The maximum atomic E-state index is 12.8. The summed E-state index contributed by atoms with van der Waals surface area (Å²) in [5.74, 6) is -0.715. The van der Waals surface area contributed by atoms with Crippen molar-refractivity contribution in [2.24, 2.45) is 0 Å². The number of carbonyl (C=O) groups excluding carboxylic acids is 2. The topological polar surface area (TPSA) is 78.4 Å². The molecular weight excluding hydrogens is 507 g/mol. The minimum Gasteiger partial charge on any atom is -0.506 e. The van der Waals surface area contributed by atoms with E-state index in [0.717, 1.165) is 11.1 Å². The van der Waals surface area contributed by atoms with Gasteiger partial charge in [-0.2, -0.15) is 0 Å². The predicted molar refractivity (Wildman–Crippen MR) is 139 cm³/mol. The highest BCUT2D eigenvalue weighted by atomic mass is 20.0. The van der Waals surface area contributed by atoms with Crippen molar-refractivity contribution < 1.29 is 37.4 Å². The molecule has 4 aromatic rings. The van der Waals surface area contributed by atoms with Gasteiger partial charge in [0.05, 0.1) is 12.7 Å². The average molecular weight is 535 g/mol. The molecule has 2 amide bonds. The quantitative estimate of drug-likeness (QED) is 0.231. The summed E-state index contributed by atoms with van der Waals surface area (Å²) >= 11 is 0. The summed E-state index contributed by atoms with van der Waals surface area (Å²) in [7, 11) is 0.500. The molecule has 0 atom stereocenters. The van der Waals surface area contributed by atoms with Crippen molar-refractivity contribution in [2.75, 3.05) is 12.5 Å². The van der Waals surface area contributed by atoms with Crippen LogP contribution in [0.15, 0.2) is 78.9 Å². The van der Waals surface area contributed by atoms with Crippen LogP contribution >= 0.6 is 0 Å². The highest BCUT2D eigenvalue weighted by molar-refractivity contribution is 6.12. The predicted octanol–water partition coefficient (Wildman–Crippen LogP) is 7.61. The van der Waals surface area contributed by atoms with Crippen LogP contribution in [0.25, 0.3) is 10.8 Å². The summed E-state index contributed by atoms with van der Waals surface area (Å²) in [6.07, 6.45) is 0. The summed E-state index contributed by atoms with van der Waals surface area (Å²) in [4.78, 5) is 25.3. The number of aryl methyl sites for hydroxylation is 2. The van der Waals surface area contributed by atoms with Crippen LogP contribution in [0.4, 0.5) is 28.4 Å². The molecule has 0 radical (unpaired) electrons. The van der Waals surface area contributed by atoms with Gasteiger partial charge in [-0.3, -0.25) is 14.0 Å². The lowest BCUT2D eigenvalue weighted by Crippen LogP contribution is -2.23. The van der Waals surface area contributed by atoms with E-state index in [-0.39, 0.29) is 23.1 Å². The summed E-state index contributed by atoms with van der Waals surface area (Å²) in [5.41, 5.74) is 4.58. The third-order valence-electron chi connectivity index (χ3n) is 5.50. The first kappa shape index (κ1) is 31.6. The standard InChI is InChI=1S/C27H24N2O3.CH3F.2F2/c1-17-11-12-20(18(2)15-17)16-28-27(32)23-14-13-21-22(25(23)30)9-6-10-24(21)29-26(31)19-7-4-3-5-8-19;3*1-2/h3-15,30H,16H2,1-2H3,(H,28,32)(H,29,31);1H3;;. The third-order valence-corrected chi connectivity index (χ3v) is 5.50. The molecule has 0 fully saturated rings. The van der Waals surface area contributed by atoms with E-state index >= 15 is 0 Å². The Labute approximate surface area is 216 Å². The number of aromatic hydroxyl groups is 1. The SMILES string of the molecule is CF.Cc1ccc(CNC(=O)c2ccc3c(NC(=O)c4ccccc4)cccc3c2O)c(C)c1.FF.FF. The first-order chi connectivity index (χ1) is 18.4. The molecule has 0 saturated carbocycles. The van der Waals surface area contributed by atoms with Gasteiger partial charge in [-0.25, -0.2) is 0 Å². The molecule has 0 heterocycles. The first-order valence-electron chi connectivity index (χ1n) is 11.1. The molecule has 0 spiro atoms. The Morgan fingerprint density at radius 3 is 2.05 bits per heavy atom. The maximum absolute atomic E-state index is 12.8. The zero-order valence-electron chi connectivity index (χ0n) is 20.9. The Morgan fingerprint density at radius 1 is 0.763 bits per heavy atom. The van der Waals surface area contributed by atoms with Crippen molar-refractivity contribution in [1.29, 1.82) is 0 Å². The lowest BCUT2D eigenvalue weighted by atomic mass is 10.0. The van der Waals surface area contributed by atoms with E-state index in [2.05, 4.69) is 16.7 Å². The monoisotopic (exact) mass is 534 g/mol. The summed E-state index contributed by atoms with van der Waals surface area (Å²) < 4.78 is 41.5. The largest absolute Gasteiger partial charge is 0.506 e. The van der Waals surface area contributed by atoms with Gasteiger partial charge in [0.1, 0.15) is 5.75 Å². The summed E-state index contributed by atoms with van der Waals surface area (Å²) in [5, 5.41) is 17.7. The van der Waals surface area contributed by atoms with Gasteiger partial charge < -0.3 is 15.7 Å². The Morgan fingerprint density at radius 2 is 1.42 bits per heavy atom. The fraction of sp³-hybridized carbons (Fsp3) is 0.143. The van der Waals surface area contributed by atoms with Crippen molar-refractivity contribution in [2.45, 2.75) is 20.4 Å². The minimum atomic E-state index is -0.358.